The van der Waals surface area contributed by atoms with Crippen molar-refractivity contribution in [2.24, 2.45) is 0 Å². The molecule has 1 aromatic carbocycles. The van der Waals surface area contributed by atoms with E-state index in [4.69, 9.17) is 4.74 Å². The lowest BCUT2D eigenvalue weighted by atomic mass is 9.92. The summed E-state index contributed by atoms with van der Waals surface area (Å²) in [4.78, 5) is 14.6. The maximum atomic E-state index is 12.8. The maximum absolute atomic E-state index is 12.8. The van der Waals surface area contributed by atoms with Crippen molar-refractivity contribution in [1.82, 2.24) is 10.2 Å². The number of ether oxygens (including phenoxy) is 1. The second kappa shape index (κ2) is 8.18. The number of rotatable bonds is 5. The molecule has 0 bridgehead atoms. The van der Waals surface area contributed by atoms with E-state index < -0.39 is 0 Å². The Morgan fingerprint density at radius 3 is 2.77 bits per heavy atom. The fourth-order valence-corrected chi connectivity index (χ4v) is 3.41. The van der Waals surface area contributed by atoms with Gasteiger partial charge in [0.1, 0.15) is 5.75 Å². The van der Waals surface area contributed by atoms with Crippen LogP contribution in [-0.2, 0) is 11.3 Å². The highest BCUT2D eigenvalue weighted by atomic mass is 79.9. The van der Waals surface area contributed by atoms with Crippen molar-refractivity contribution < 1.29 is 9.53 Å². The van der Waals surface area contributed by atoms with Gasteiger partial charge in [0.2, 0.25) is 5.91 Å². The summed E-state index contributed by atoms with van der Waals surface area (Å²) >= 11 is 3.47. The summed E-state index contributed by atoms with van der Waals surface area (Å²) in [6, 6.07) is 5.86. The summed E-state index contributed by atoms with van der Waals surface area (Å²) in [6.45, 7) is 3.54. The van der Waals surface area contributed by atoms with E-state index in [0.717, 1.165) is 41.6 Å². The first-order valence-electron chi connectivity index (χ1n) is 7.35. The molecule has 0 spiro atoms. The van der Waals surface area contributed by atoms with Crippen molar-refractivity contribution >= 4 is 34.2 Å². The Bertz CT molecular complexity index is 519. The molecule has 1 amide bonds. The lowest BCUT2D eigenvalue weighted by Gasteiger charge is -2.32. The Morgan fingerprint density at radius 2 is 2.23 bits per heavy atom. The van der Waals surface area contributed by atoms with Crippen LogP contribution in [0.15, 0.2) is 22.7 Å². The van der Waals surface area contributed by atoms with Crippen LogP contribution in [0.3, 0.4) is 0 Å². The van der Waals surface area contributed by atoms with Crippen LogP contribution in [0.25, 0.3) is 0 Å². The minimum atomic E-state index is -0.381. The van der Waals surface area contributed by atoms with Crippen LogP contribution < -0.4 is 10.1 Å². The van der Waals surface area contributed by atoms with E-state index in [9.17, 15) is 4.79 Å². The average molecular weight is 392 g/mol. The number of carbonyl (C=O) groups is 1. The molecule has 0 saturated carbocycles. The molecule has 1 aromatic rings. The molecule has 0 aliphatic carbocycles. The van der Waals surface area contributed by atoms with E-state index in [1.807, 2.05) is 25.2 Å². The number of hydrogen-bond acceptors (Lipinski definition) is 3. The summed E-state index contributed by atoms with van der Waals surface area (Å²) in [5, 5.41) is 3.39. The van der Waals surface area contributed by atoms with Gasteiger partial charge in [0, 0.05) is 23.6 Å². The standard InChI is InChI=1S/C16H23BrN2O2.ClH/c1-4-16(8-5-9-18-16)15(20)19(2)11-12-10-13(17)6-7-14(12)21-3;/h6-7,10,18H,4-5,8-9,11H2,1-3H3;1H. The largest absolute Gasteiger partial charge is 0.496 e. The monoisotopic (exact) mass is 390 g/mol. The third-order valence-corrected chi connectivity index (χ3v) is 4.75. The first kappa shape index (κ1) is 19.3. The third-order valence-electron chi connectivity index (χ3n) is 4.25. The Labute approximate surface area is 147 Å². The summed E-state index contributed by atoms with van der Waals surface area (Å²) in [5.41, 5.74) is 0.626. The highest BCUT2D eigenvalue weighted by molar-refractivity contribution is 9.10. The fraction of sp³-hybridized carbons (Fsp3) is 0.562. The van der Waals surface area contributed by atoms with Crippen molar-refractivity contribution in [2.45, 2.75) is 38.3 Å². The van der Waals surface area contributed by atoms with Gasteiger partial charge < -0.3 is 15.0 Å². The zero-order chi connectivity index (χ0) is 15.5. The maximum Gasteiger partial charge on any atom is 0.242 e. The van der Waals surface area contributed by atoms with Crippen molar-refractivity contribution in [1.29, 1.82) is 0 Å². The number of nitrogens with zero attached hydrogens (tertiary/aromatic N) is 1. The van der Waals surface area contributed by atoms with E-state index in [2.05, 4.69) is 28.2 Å². The minimum absolute atomic E-state index is 0. The molecule has 6 heteroatoms. The number of carbonyl (C=O) groups excluding carboxylic acids is 1. The van der Waals surface area contributed by atoms with E-state index in [1.165, 1.54) is 0 Å². The Kier molecular flexibility index (Phi) is 7.16. The number of likely N-dealkylation sites (N-methyl/N-ethyl adjacent to an activating group) is 1. The normalized spacial score (nSPS) is 20.4. The molecular formula is C16H24BrClN2O2. The van der Waals surface area contributed by atoms with Crippen LogP contribution in [0, 0.1) is 0 Å². The molecule has 22 heavy (non-hydrogen) atoms. The topological polar surface area (TPSA) is 41.6 Å². The van der Waals surface area contributed by atoms with E-state index >= 15 is 0 Å². The molecule has 124 valence electrons. The molecule has 1 aliphatic rings. The van der Waals surface area contributed by atoms with Gasteiger partial charge in [0.15, 0.2) is 0 Å². The van der Waals surface area contributed by atoms with Gasteiger partial charge in [-0.1, -0.05) is 22.9 Å². The van der Waals surface area contributed by atoms with Gasteiger partial charge in [-0.05, 0) is 44.0 Å². The van der Waals surface area contributed by atoms with Gasteiger partial charge in [-0.25, -0.2) is 0 Å². The van der Waals surface area contributed by atoms with Gasteiger partial charge in [0.25, 0.3) is 0 Å². The molecule has 1 fully saturated rings. The van der Waals surface area contributed by atoms with Crippen LogP contribution in [0.2, 0.25) is 0 Å². The van der Waals surface area contributed by atoms with E-state index in [-0.39, 0.29) is 23.9 Å². The van der Waals surface area contributed by atoms with Crippen molar-refractivity contribution in [3.8, 4) is 5.75 Å². The first-order chi connectivity index (χ1) is 10.0. The van der Waals surface area contributed by atoms with E-state index in [0.29, 0.717) is 6.54 Å². The molecule has 1 aliphatic heterocycles. The van der Waals surface area contributed by atoms with Crippen molar-refractivity contribution in [2.75, 3.05) is 20.7 Å². The minimum Gasteiger partial charge on any atom is -0.496 e. The summed E-state index contributed by atoms with van der Waals surface area (Å²) in [7, 11) is 3.51. The molecule has 1 atom stereocenters. The second-order valence-electron chi connectivity index (χ2n) is 5.58. The van der Waals surface area contributed by atoms with Crippen LogP contribution in [0.4, 0.5) is 0 Å². The Hall–Kier alpha value is -0.780. The van der Waals surface area contributed by atoms with Crippen molar-refractivity contribution in [3.05, 3.63) is 28.2 Å². The molecule has 0 aromatic heterocycles. The smallest absolute Gasteiger partial charge is 0.242 e. The highest BCUT2D eigenvalue weighted by Crippen LogP contribution is 2.28. The summed E-state index contributed by atoms with van der Waals surface area (Å²) in [5.74, 6) is 0.979. The van der Waals surface area contributed by atoms with Gasteiger partial charge in [0.05, 0.1) is 12.6 Å². The molecular weight excluding hydrogens is 368 g/mol. The Balaban J connectivity index is 0.00000242. The fourth-order valence-electron chi connectivity index (χ4n) is 3.01. The van der Waals surface area contributed by atoms with Crippen LogP contribution in [0.5, 0.6) is 5.75 Å². The van der Waals surface area contributed by atoms with Crippen LogP contribution in [0.1, 0.15) is 31.7 Å². The molecule has 4 nitrogen and oxygen atoms in total. The zero-order valence-electron chi connectivity index (χ0n) is 13.3. The average Bonchev–Trinajstić information content (AvgIpc) is 2.96. The highest BCUT2D eigenvalue weighted by Gasteiger charge is 2.40. The summed E-state index contributed by atoms with van der Waals surface area (Å²) < 4.78 is 6.37. The van der Waals surface area contributed by atoms with Gasteiger partial charge in [-0.2, -0.15) is 0 Å². The Morgan fingerprint density at radius 1 is 1.50 bits per heavy atom. The number of benzene rings is 1. The quantitative estimate of drug-likeness (QED) is 0.837. The van der Waals surface area contributed by atoms with Crippen LogP contribution in [-0.4, -0.2) is 37.0 Å². The van der Waals surface area contributed by atoms with Gasteiger partial charge in [-0.15, -0.1) is 12.4 Å². The predicted octanol–water partition coefficient (Wildman–Crippen LogP) is 3.37. The molecule has 1 heterocycles. The molecule has 1 unspecified atom stereocenters. The molecule has 1 saturated heterocycles. The number of nitrogens with one attached hydrogen (secondary N) is 1. The van der Waals surface area contributed by atoms with Gasteiger partial charge >= 0.3 is 0 Å². The summed E-state index contributed by atoms with van der Waals surface area (Å²) in [6.07, 6.45) is 2.81. The lowest BCUT2D eigenvalue weighted by molar-refractivity contribution is -0.137. The third kappa shape index (κ3) is 3.94. The zero-order valence-corrected chi connectivity index (χ0v) is 15.7. The SMILES string of the molecule is CCC1(C(=O)N(C)Cc2cc(Br)ccc2OC)CCCN1.Cl. The van der Waals surface area contributed by atoms with E-state index in [1.54, 1.807) is 12.0 Å². The predicted molar refractivity (Wildman–Crippen MR) is 94.7 cm³/mol. The molecule has 2 rings (SSSR count). The first-order valence-corrected chi connectivity index (χ1v) is 8.14. The second-order valence-corrected chi connectivity index (χ2v) is 6.50. The number of amides is 1. The van der Waals surface area contributed by atoms with Gasteiger partial charge in [-0.3, -0.25) is 4.79 Å². The number of halogens is 2. The lowest BCUT2D eigenvalue weighted by Crippen LogP contribution is -2.53. The number of hydrogen-bond donors (Lipinski definition) is 1. The number of methoxy groups -OCH3 is 1. The van der Waals surface area contributed by atoms with Crippen LogP contribution >= 0.6 is 28.3 Å². The molecule has 1 N–H and O–H groups in total. The molecule has 0 radical (unpaired) electrons. The van der Waals surface area contributed by atoms with Crippen molar-refractivity contribution in [3.63, 3.8) is 0 Å².